The molecule has 2 heterocycles. The first-order chi connectivity index (χ1) is 34.6. The van der Waals surface area contributed by atoms with Crippen LogP contribution in [0.4, 0.5) is 0 Å². The van der Waals surface area contributed by atoms with Crippen molar-refractivity contribution in [3.8, 4) is 0 Å². The smallest absolute Gasteiger partial charge is 0.220 e. The summed E-state index contributed by atoms with van der Waals surface area (Å²) in [6.45, 7) is 2.76. The Hall–Kier alpha value is -2.05. The van der Waals surface area contributed by atoms with Crippen molar-refractivity contribution in [3.05, 3.63) is 48.6 Å². The van der Waals surface area contributed by atoms with Crippen LogP contribution in [0.15, 0.2) is 48.6 Å². The minimum atomic E-state index is -1.79. The van der Waals surface area contributed by atoms with Gasteiger partial charge in [-0.15, -0.1) is 0 Å². The molecule has 0 saturated carbocycles. The first kappa shape index (κ1) is 65.1. The van der Waals surface area contributed by atoms with Crippen LogP contribution in [0, 0.1) is 0 Å². The summed E-state index contributed by atoms with van der Waals surface area (Å²) in [5.41, 5.74) is 0. The van der Waals surface area contributed by atoms with Gasteiger partial charge in [-0.2, -0.15) is 0 Å². The average molecular weight is 1010 g/mol. The minimum absolute atomic E-state index is 0.259. The highest BCUT2D eigenvalue weighted by Crippen LogP contribution is 2.30. The molecule has 0 radical (unpaired) electrons. The van der Waals surface area contributed by atoms with E-state index < -0.39 is 86.8 Å². The molecule has 2 fully saturated rings. The molecule has 71 heavy (non-hydrogen) atoms. The Morgan fingerprint density at radius 2 is 0.901 bits per heavy atom. The van der Waals surface area contributed by atoms with Gasteiger partial charge < -0.3 is 65.1 Å². The molecular formula is C57H103NO13. The number of hydrogen-bond acceptors (Lipinski definition) is 13. The maximum atomic E-state index is 13.2. The zero-order valence-electron chi connectivity index (χ0n) is 44.2. The number of allylic oxidation sites excluding steroid dienone is 7. The van der Waals surface area contributed by atoms with Crippen LogP contribution in [-0.4, -0.2) is 140 Å². The molecular weight excluding hydrogens is 907 g/mol. The molecule has 0 aromatic carbocycles. The molecule has 0 aliphatic carbocycles. The van der Waals surface area contributed by atoms with Crippen LogP contribution >= 0.6 is 0 Å². The Bertz CT molecular complexity index is 1380. The summed E-state index contributed by atoms with van der Waals surface area (Å²) >= 11 is 0. The first-order valence-electron chi connectivity index (χ1n) is 28.4. The quantitative estimate of drug-likeness (QED) is 0.0206. The average Bonchev–Trinajstić information content (AvgIpc) is 3.37. The topological polar surface area (TPSA) is 228 Å². The molecule has 2 rings (SSSR count). The highest BCUT2D eigenvalue weighted by atomic mass is 16.7. The van der Waals surface area contributed by atoms with Gasteiger partial charge in [-0.3, -0.25) is 4.79 Å². The van der Waals surface area contributed by atoms with Gasteiger partial charge in [-0.05, 0) is 70.6 Å². The number of aliphatic hydroxyl groups excluding tert-OH is 8. The Morgan fingerprint density at radius 1 is 0.493 bits per heavy atom. The fourth-order valence-electron chi connectivity index (χ4n) is 9.08. The van der Waals surface area contributed by atoms with E-state index in [4.69, 9.17) is 18.9 Å². The van der Waals surface area contributed by atoms with Crippen LogP contribution in [-0.2, 0) is 23.7 Å². The van der Waals surface area contributed by atoms with E-state index in [1.807, 2.05) is 6.08 Å². The fraction of sp³-hybridized carbons (Fsp3) is 0.842. The lowest BCUT2D eigenvalue weighted by Crippen LogP contribution is -2.65. The lowest BCUT2D eigenvalue weighted by Gasteiger charge is -2.46. The van der Waals surface area contributed by atoms with Crippen molar-refractivity contribution in [2.75, 3.05) is 19.8 Å². The summed E-state index contributed by atoms with van der Waals surface area (Å²) in [5, 5.41) is 86.9. The standard InChI is InChI=1S/C57H103NO13/c1-3-5-7-9-11-13-15-17-19-21-22-23-25-26-28-30-32-34-36-38-40-46(61)45(58-49(62)41-39-37-35-33-31-29-27-24-20-18-16-14-12-10-8-6-4-2)44-68-56-54(67)52(65)55(48(43-60)70-56)71-57-53(66)51(64)50(63)47(42-59)69-57/h18,20,23,25,30,32,38,40,45-48,50-57,59-61,63-67H,3-17,19,21-22,24,26-29,31,33-37,39,41-44H2,1-2H3,(H,58,62)/b20-18-,25-23+,32-30+,40-38+. The zero-order chi connectivity index (χ0) is 51.7. The summed E-state index contributed by atoms with van der Waals surface area (Å²) in [7, 11) is 0. The third kappa shape index (κ3) is 29.6. The number of ether oxygens (including phenoxy) is 4. The highest BCUT2D eigenvalue weighted by Gasteiger charge is 2.51. The van der Waals surface area contributed by atoms with E-state index in [1.165, 1.54) is 128 Å². The van der Waals surface area contributed by atoms with Gasteiger partial charge in [0, 0.05) is 6.42 Å². The lowest BCUT2D eigenvalue weighted by atomic mass is 9.97. The summed E-state index contributed by atoms with van der Waals surface area (Å²) in [6.07, 6.45) is 35.7. The monoisotopic (exact) mass is 1010 g/mol. The van der Waals surface area contributed by atoms with Gasteiger partial charge in [0.05, 0.1) is 32.0 Å². The predicted molar refractivity (Wildman–Crippen MR) is 281 cm³/mol. The van der Waals surface area contributed by atoms with E-state index in [-0.39, 0.29) is 18.9 Å². The number of hydrogen-bond donors (Lipinski definition) is 9. The number of carbonyl (C=O) groups is 1. The molecule has 0 aromatic heterocycles. The van der Waals surface area contributed by atoms with E-state index in [0.717, 1.165) is 51.4 Å². The summed E-state index contributed by atoms with van der Waals surface area (Å²) in [4.78, 5) is 13.2. The second kappa shape index (κ2) is 43.2. The molecule has 0 aromatic rings. The predicted octanol–water partition coefficient (Wildman–Crippen LogP) is 8.83. The van der Waals surface area contributed by atoms with Crippen LogP contribution in [0.3, 0.4) is 0 Å². The molecule has 12 unspecified atom stereocenters. The number of aliphatic hydroxyl groups is 8. The third-order valence-corrected chi connectivity index (χ3v) is 13.7. The molecule has 14 heteroatoms. The SMILES string of the molecule is CCCCCCCC/C=C\CCCCCCCCCC(=O)NC(COC1OC(CO)C(OC2OC(CO)C(O)C(O)C2O)C(O)C1O)C(O)/C=C/CC/C=C/CC/C=C/CCCCCCCCCCCC. The van der Waals surface area contributed by atoms with E-state index in [9.17, 15) is 45.6 Å². The van der Waals surface area contributed by atoms with Crippen molar-refractivity contribution in [2.45, 2.75) is 286 Å². The van der Waals surface area contributed by atoms with Gasteiger partial charge in [0.1, 0.15) is 48.8 Å². The Kier molecular flexibility index (Phi) is 39.6. The maximum absolute atomic E-state index is 13.2. The van der Waals surface area contributed by atoms with Gasteiger partial charge >= 0.3 is 0 Å². The normalized spacial score (nSPS) is 26.1. The van der Waals surface area contributed by atoms with Crippen molar-refractivity contribution in [2.24, 2.45) is 0 Å². The number of rotatable bonds is 44. The van der Waals surface area contributed by atoms with Crippen molar-refractivity contribution in [1.29, 1.82) is 0 Å². The van der Waals surface area contributed by atoms with Gasteiger partial charge in [-0.1, -0.05) is 184 Å². The van der Waals surface area contributed by atoms with Crippen molar-refractivity contribution >= 4 is 5.91 Å². The van der Waals surface area contributed by atoms with Crippen LogP contribution in [0.5, 0.6) is 0 Å². The second-order valence-corrected chi connectivity index (χ2v) is 20.0. The summed E-state index contributed by atoms with van der Waals surface area (Å²) < 4.78 is 22.7. The molecule has 2 aliphatic heterocycles. The van der Waals surface area contributed by atoms with Crippen LogP contribution in [0.1, 0.15) is 213 Å². The van der Waals surface area contributed by atoms with Crippen LogP contribution < -0.4 is 5.32 Å². The fourth-order valence-corrected chi connectivity index (χ4v) is 9.08. The van der Waals surface area contributed by atoms with E-state index in [1.54, 1.807) is 6.08 Å². The molecule has 9 N–H and O–H groups in total. The van der Waals surface area contributed by atoms with Gasteiger partial charge in [-0.25, -0.2) is 0 Å². The molecule has 2 saturated heterocycles. The summed E-state index contributed by atoms with van der Waals surface area (Å²) in [5.74, 6) is -0.259. The Labute approximate surface area is 429 Å². The maximum Gasteiger partial charge on any atom is 0.220 e. The molecule has 0 spiro atoms. The second-order valence-electron chi connectivity index (χ2n) is 20.0. The molecule has 14 nitrogen and oxygen atoms in total. The van der Waals surface area contributed by atoms with Gasteiger partial charge in [0.25, 0.3) is 0 Å². The minimum Gasteiger partial charge on any atom is -0.394 e. The highest BCUT2D eigenvalue weighted by molar-refractivity contribution is 5.76. The zero-order valence-corrected chi connectivity index (χ0v) is 44.2. The first-order valence-corrected chi connectivity index (χ1v) is 28.4. The van der Waals surface area contributed by atoms with Crippen molar-refractivity contribution in [3.63, 3.8) is 0 Å². The molecule has 0 bridgehead atoms. The van der Waals surface area contributed by atoms with Crippen molar-refractivity contribution in [1.82, 2.24) is 5.32 Å². The van der Waals surface area contributed by atoms with E-state index in [0.29, 0.717) is 12.8 Å². The van der Waals surface area contributed by atoms with Gasteiger partial charge in [0.2, 0.25) is 5.91 Å². The van der Waals surface area contributed by atoms with E-state index >= 15 is 0 Å². The molecule has 12 atom stereocenters. The molecule has 414 valence electrons. The van der Waals surface area contributed by atoms with Crippen molar-refractivity contribution < 1.29 is 64.6 Å². The largest absolute Gasteiger partial charge is 0.394 e. The lowest BCUT2D eigenvalue weighted by molar-refractivity contribution is -0.359. The van der Waals surface area contributed by atoms with E-state index in [2.05, 4.69) is 55.6 Å². The van der Waals surface area contributed by atoms with Crippen LogP contribution in [0.2, 0.25) is 0 Å². The third-order valence-electron chi connectivity index (χ3n) is 13.7. The number of nitrogens with one attached hydrogen (secondary N) is 1. The molecule has 2 aliphatic rings. The number of unbranched alkanes of at least 4 members (excludes halogenated alkanes) is 25. The molecule has 1 amide bonds. The number of carbonyl (C=O) groups excluding carboxylic acids is 1. The Morgan fingerprint density at radius 3 is 1.38 bits per heavy atom. The van der Waals surface area contributed by atoms with Gasteiger partial charge in [0.15, 0.2) is 12.6 Å². The number of amides is 1. The summed E-state index contributed by atoms with van der Waals surface area (Å²) in [6, 6.07) is -0.940. The van der Waals surface area contributed by atoms with Crippen LogP contribution in [0.25, 0.3) is 0 Å². The Balaban J connectivity index is 1.83.